The standard InChI is InChI=1S/C88H88/c1-81(2,3)61-37-25-26-38-62(82(4,5)6)58-66(86(16,17)18)50-54-79-73-45-33-35-47-75(73)80(76-48-36-34-46-74(76)79)56-52-68(88(22,23)24)60-64(84(10,11)12)40-28-27-39-63(83(7,8)9)59-67(87(19,20)21)51-55-78-71-43-31-29-41-69(71)77(70-42-30-32-44-72(70)78)53-49-65(57-61)85(13,14)15/h29-36,41-48H,1-24H3. The second kappa shape index (κ2) is 25.3. The van der Waals surface area contributed by atoms with Crippen LogP contribution in [0, 0.1) is 138 Å². The van der Waals surface area contributed by atoms with Crippen LogP contribution in [0.5, 0.6) is 0 Å². The molecule has 1 aliphatic carbocycles. The summed E-state index contributed by atoms with van der Waals surface area (Å²) in [5, 5.41) is 8.22. The van der Waals surface area contributed by atoms with Crippen LogP contribution in [0.4, 0.5) is 0 Å². The number of fused-ring (bicyclic) bond motifs is 6. The summed E-state index contributed by atoms with van der Waals surface area (Å²) in [6.07, 6.45) is 0. The van der Waals surface area contributed by atoms with Crippen molar-refractivity contribution in [3.05, 3.63) is 187 Å². The van der Waals surface area contributed by atoms with Crippen molar-refractivity contribution in [1.29, 1.82) is 0 Å². The fourth-order valence-electron chi connectivity index (χ4n) is 9.42. The van der Waals surface area contributed by atoms with Gasteiger partial charge in [0.25, 0.3) is 0 Å². The summed E-state index contributed by atoms with van der Waals surface area (Å²) in [4.78, 5) is 0. The minimum absolute atomic E-state index is 0.360. The normalized spacial score (nSPS) is 14.2. The van der Waals surface area contributed by atoms with Crippen LogP contribution in [0.1, 0.15) is 188 Å². The van der Waals surface area contributed by atoms with Crippen LogP contribution in [0.2, 0.25) is 0 Å². The number of hydrogen-bond donors (Lipinski definition) is 0. The first kappa shape index (κ1) is 66.4. The predicted molar refractivity (Wildman–Crippen MR) is 379 cm³/mol. The molecule has 0 nitrogen and oxygen atoms in total. The van der Waals surface area contributed by atoms with Gasteiger partial charge in [-0.1, -0.05) is 334 Å². The molecule has 7 rings (SSSR count). The minimum atomic E-state index is -0.361. The molecule has 88 heavy (non-hydrogen) atoms. The molecule has 0 aliphatic heterocycles. The molecule has 0 fully saturated rings. The molecule has 4 bridgehead atoms. The summed E-state index contributed by atoms with van der Waals surface area (Å²) in [6.45, 7) is 52.2. The average Bonchev–Trinajstić information content (AvgIpc) is 0.784. The van der Waals surface area contributed by atoms with Crippen LogP contribution in [0.25, 0.3) is 43.1 Å². The fourth-order valence-corrected chi connectivity index (χ4v) is 9.42. The Morgan fingerprint density at radius 1 is 0.170 bits per heavy atom. The number of allylic oxidation sites excluding steroid dienone is 4. The number of hydrogen-bond acceptors (Lipinski definition) is 0. The maximum atomic E-state index is 3.77. The highest BCUT2D eigenvalue weighted by Crippen LogP contribution is 2.38. The Bertz CT molecular complexity index is 3990. The molecule has 0 unspecified atom stereocenters. The molecular formula is C88H88. The molecule has 0 aromatic heterocycles. The van der Waals surface area contributed by atoms with E-state index in [9.17, 15) is 0 Å². The van der Waals surface area contributed by atoms with Gasteiger partial charge in [0.15, 0.2) is 0 Å². The lowest BCUT2D eigenvalue weighted by Crippen LogP contribution is -2.11. The van der Waals surface area contributed by atoms with E-state index in [1.54, 1.807) is 0 Å². The third kappa shape index (κ3) is 16.3. The molecule has 0 spiro atoms. The summed E-state index contributed by atoms with van der Waals surface area (Å²) in [5.74, 6) is 56.4. The lowest BCUT2D eigenvalue weighted by atomic mass is 9.82. The van der Waals surface area contributed by atoms with E-state index in [-0.39, 0.29) is 43.3 Å². The Labute approximate surface area is 531 Å². The second-order valence-electron chi connectivity index (χ2n) is 31.2. The largest absolute Gasteiger partial charge is 0.0944 e. The van der Waals surface area contributed by atoms with Gasteiger partial charge in [-0.25, -0.2) is 0 Å². The Balaban J connectivity index is 1.67. The molecule has 0 saturated heterocycles. The molecule has 440 valence electrons. The molecule has 1 aliphatic rings. The average molecular weight is 1150 g/mol. The lowest BCUT2D eigenvalue weighted by Gasteiger charge is -2.20. The van der Waals surface area contributed by atoms with Gasteiger partial charge in [0.2, 0.25) is 0 Å². The first-order valence-electron chi connectivity index (χ1n) is 30.8. The summed E-state index contributed by atoms with van der Waals surface area (Å²) < 4.78 is 0. The van der Waals surface area contributed by atoms with Crippen molar-refractivity contribution >= 4 is 43.1 Å². The molecule has 0 heteroatoms. The quantitative estimate of drug-likeness (QED) is 0.0808. The van der Waals surface area contributed by atoms with Gasteiger partial charge in [-0.15, -0.1) is 0 Å². The van der Waals surface area contributed by atoms with Crippen molar-refractivity contribution in [2.75, 3.05) is 0 Å². The summed E-state index contributed by atoms with van der Waals surface area (Å²) >= 11 is 0. The summed E-state index contributed by atoms with van der Waals surface area (Å²) in [6, 6.07) is 33.9. The van der Waals surface area contributed by atoms with E-state index < -0.39 is 0 Å². The number of benzene rings is 6. The highest BCUT2D eigenvalue weighted by molar-refractivity contribution is 6.11. The van der Waals surface area contributed by atoms with E-state index in [0.29, 0.717) is 0 Å². The minimum Gasteiger partial charge on any atom is -0.0944 e. The van der Waals surface area contributed by atoms with Crippen LogP contribution in [-0.4, -0.2) is 0 Å². The van der Waals surface area contributed by atoms with Gasteiger partial charge < -0.3 is 0 Å². The van der Waals surface area contributed by atoms with Crippen molar-refractivity contribution in [1.82, 2.24) is 0 Å². The maximum Gasteiger partial charge on any atom is 0.0511 e. The third-order valence-corrected chi connectivity index (χ3v) is 15.0. The second-order valence-corrected chi connectivity index (χ2v) is 31.2. The monoisotopic (exact) mass is 1140 g/mol. The molecule has 6 aromatic rings. The highest BCUT2D eigenvalue weighted by Gasteiger charge is 2.25. The summed E-state index contributed by atoms with van der Waals surface area (Å²) in [7, 11) is 0. The Kier molecular flexibility index (Phi) is 19.1. The first-order chi connectivity index (χ1) is 40.7. The van der Waals surface area contributed by atoms with Crippen molar-refractivity contribution in [3.63, 3.8) is 0 Å². The van der Waals surface area contributed by atoms with E-state index in [4.69, 9.17) is 0 Å². The molecule has 6 aromatic carbocycles. The molecule has 0 heterocycles. The first-order valence-corrected chi connectivity index (χ1v) is 30.8. The van der Waals surface area contributed by atoms with Crippen molar-refractivity contribution in [2.24, 2.45) is 43.3 Å². The third-order valence-electron chi connectivity index (χ3n) is 15.0. The van der Waals surface area contributed by atoms with E-state index in [1.807, 2.05) is 0 Å². The Morgan fingerprint density at radius 3 is 0.420 bits per heavy atom. The van der Waals surface area contributed by atoms with Crippen LogP contribution in [0.3, 0.4) is 0 Å². The van der Waals surface area contributed by atoms with Gasteiger partial charge in [0.05, 0.1) is 44.6 Å². The fraction of sp³-hybridized carbons (Fsp3) is 0.364. The van der Waals surface area contributed by atoms with Crippen molar-refractivity contribution in [2.45, 2.75) is 166 Å². The zero-order chi connectivity index (χ0) is 65.0. The molecular weight excluding hydrogens is 1060 g/mol. The molecule has 0 N–H and O–H groups in total. The zero-order valence-electron chi connectivity index (χ0n) is 57.2. The van der Waals surface area contributed by atoms with Crippen LogP contribution >= 0.6 is 0 Å². The summed E-state index contributed by atoms with van der Waals surface area (Å²) in [5.41, 5.74) is 22.6. The molecule has 0 atom stereocenters. The highest BCUT2D eigenvalue weighted by atomic mass is 14.3. The number of rotatable bonds is 0. The van der Waals surface area contributed by atoms with Gasteiger partial charge in [0.1, 0.15) is 0 Å². The topological polar surface area (TPSA) is 0 Å². The van der Waals surface area contributed by atoms with Crippen LogP contribution < -0.4 is 0 Å². The smallest absolute Gasteiger partial charge is 0.0511 e. The van der Waals surface area contributed by atoms with Gasteiger partial charge in [-0.2, -0.15) is 0 Å². The molecule has 0 amide bonds. The van der Waals surface area contributed by atoms with Gasteiger partial charge >= 0.3 is 0 Å². The van der Waals surface area contributed by atoms with Gasteiger partial charge in [0, 0.05) is 65.6 Å². The predicted octanol–water partition coefficient (Wildman–Crippen LogP) is 21.6. The van der Waals surface area contributed by atoms with Crippen molar-refractivity contribution < 1.29 is 0 Å². The van der Waals surface area contributed by atoms with Crippen LogP contribution in [-0.2, 0) is 0 Å². The Morgan fingerprint density at radius 2 is 0.295 bits per heavy atom. The molecule has 0 radical (unpaired) electrons. The zero-order valence-corrected chi connectivity index (χ0v) is 57.2. The SMILES string of the molecule is CC(C)(C)C1=C=C(C(C)(C)C)C#Cc2c3ccccc3c(c3ccccc23)C#CC(C(C)(C)C)=C=C(C(C)(C)C)C#CC#CC(C(C)(C)C)=C=C(C(C)(C)C)C#Cc2c3ccccc3c(c3ccccc23)C#CC(C(C)(C)C)=C=C(C(C)(C)C)C#CC#C1. The van der Waals surface area contributed by atoms with Gasteiger partial charge in [-0.05, 0) is 90.5 Å². The Hall–Kier alpha value is -9.08. The van der Waals surface area contributed by atoms with Gasteiger partial charge in [-0.3, -0.25) is 0 Å². The van der Waals surface area contributed by atoms with E-state index in [1.165, 1.54) is 0 Å². The maximum absolute atomic E-state index is 3.77. The van der Waals surface area contributed by atoms with Crippen LogP contribution in [0.15, 0.2) is 165 Å². The van der Waals surface area contributed by atoms with E-state index in [2.05, 4.69) is 381 Å². The molecule has 0 saturated carbocycles. The lowest BCUT2D eigenvalue weighted by molar-refractivity contribution is 0.508. The van der Waals surface area contributed by atoms with Crippen molar-refractivity contribution in [3.8, 4) is 94.7 Å². The van der Waals surface area contributed by atoms with E-state index >= 15 is 0 Å². The van der Waals surface area contributed by atoms with E-state index in [0.717, 1.165) is 110 Å².